The molecule has 2 atom stereocenters. The van der Waals surface area contributed by atoms with Crippen LogP contribution in [0.3, 0.4) is 0 Å². The lowest BCUT2D eigenvalue weighted by Gasteiger charge is -2.51. The number of carbonyl (C=O) groups excluding carboxylic acids is 1. The molecule has 0 aromatic carbocycles. The Morgan fingerprint density at radius 2 is 1.94 bits per heavy atom. The van der Waals surface area contributed by atoms with Crippen molar-refractivity contribution in [1.29, 1.82) is 0 Å². The molecular formula is C12H24N2O2. The zero-order chi connectivity index (χ0) is 12.6. The molecule has 0 aliphatic heterocycles. The smallest absolute Gasteiger partial charge is 0.315 e. The predicted molar refractivity (Wildman–Crippen MR) is 64.4 cm³/mol. The highest BCUT2D eigenvalue weighted by molar-refractivity contribution is 5.75. The van der Waals surface area contributed by atoms with E-state index in [2.05, 4.69) is 24.5 Å². The standard InChI is InChI=1S/C12H24N2O2/c1-11(2,3)14-10(15)13-8-7-9(16-6)12(8,4)5/h8-9H,7H2,1-6H3,(H2,13,14,15). The topological polar surface area (TPSA) is 50.4 Å². The number of methoxy groups -OCH3 is 1. The number of hydrogen-bond acceptors (Lipinski definition) is 2. The molecule has 2 N–H and O–H groups in total. The first kappa shape index (κ1) is 13.3. The molecule has 1 rings (SSSR count). The number of nitrogens with one attached hydrogen (secondary N) is 2. The second-order valence-electron chi connectivity index (χ2n) is 6.18. The molecule has 1 aliphatic rings. The Hall–Kier alpha value is -0.770. The molecule has 2 amide bonds. The minimum absolute atomic E-state index is 0.0178. The molecule has 94 valence electrons. The quantitative estimate of drug-likeness (QED) is 0.758. The lowest BCUT2D eigenvalue weighted by atomic mass is 9.64. The van der Waals surface area contributed by atoms with Crippen LogP contribution in [0.25, 0.3) is 0 Å². The molecule has 0 saturated heterocycles. The Morgan fingerprint density at radius 1 is 1.38 bits per heavy atom. The van der Waals surface area contributed by atoms with Crippen LogP contribution in [0.4, 0.5) is 4.79 Å². The fourth-order valence-electron chi connectivity index (χ4n) is 2.07. The highest BCUT2D eigenvalue weighted by Gasteiger charge is 2.49. The third-order valence-electron chi connectivity index (χ3n) is 3.26. The van der Waals surface area contributed by atoms with Crippen molar-refractivity contribution in [1.82, 2.24) is 10.6 Å². The number of ether oxygens (including phenoxy) is 1. The molecule has 0 bridgehead atoms. The van der Waals surface area contributed by atoms with Gasteiger partial charge in [0.15, 0.2) is 0 Å². The molecule has 1 saturated carbocycles. The maximum absolute atomic E-state index is 11.7. The molecule has 0 aromatic heterocycles. The summed E-state index contributed by atoms with van der Waals surface area (Å²) in [6, 6.07) is 0.0972. The fourth-order valence-corrected chi connectivity index (χ4v) is 2.07. The van der Waals surface area contributed by atoms with Gasteiger partial charge in [-0.05, 0) is 27.2 Å². The molecule has 0 radical (unpaired) electrons. The summed E-state index contributed by atoms with van der Waals surface area (Å²) in [5, 5.41) is 5.90. The van der Waals surface area contributed by atoms with Gasteiger partial charge in [0.25, 0.3) is 0 Å². The van der Waals surface area contributed by atoms with Crippen molar-refractivity contribution in [3.63, 3.8) is 0 Å². The van der Waals surface area contributed by atoms with E-state index in [9.17, 15) is 4.79 Å². The van der Waals surface area contributed by atoms with E-state index >= 15 is 0 Å². The van der Waals surface area contributed by atoms with Gasteiger partial charge in [0.2, 0.25) is 0 Å². The van der Waals surface area contributed by atoms with Crippen LogP contribution in [0.5, 0.6) is 0 Å². The van der Waals surface area contributed by atoms with E-state index in [1.54, 1.807) is 7.11 Å². The van der Waals surface area contributed by atoms with E-state index in [4.69, 9.17) is 4.74 Å². The summed E-state index contributed by atoms with van der Waals surface area (Å²) in [5.41, 5.74) is -0.178. The SMILES string of the molecule is COC1CC(NC(=O)NC(C)(C)C)C1(C)C. The summed E-state index contributed by atoms with van der Waals surface area (Å²) in [6.07, 6.45) is 1.13. The molecule has 1 fully saturated rings. The van der Waals surface area contributed by atoms with E-state index in [-0.39, 0.29) is 29.1 Å². The molecule has 1 aliphatic carbocycles. The van der Waals surface area contributed by atoms with E-state index < -0.39 is 0 Å². The summed E-state index contributed by atoms with van der Waals surface area (Å²) in [7, 11) is 1.72. The summed E-state index contributed by atoms with van der Waals surface area (Å²) < 4.78 is 5.34. The average Bonchev–Trinajstić information content (AvgIpc) is 2.08. The highest BCUT2D eigenvalue weighted by atomic mass is 16.5. The Kier molecular flexibility index (Phi) is 3.53. The van der Waals surface area contributed by atoms with Crippen molar-refractivity contribution in [3.05, 3.63) is 0 Å². The first-order chi connectivity index (χ1) is 7.16. The van der Waals surface area contributed by atoms with E-state index in [1.807, 2.05) is 20.8 Å². The third-order valence-corrected chi connectivity index (χ3v) is 3.26. The molecule has 0 spiro atoms. The van der Waals surface area contributed by atoms with Gasteiger partial charge in [-0.3, -0.25) is 0 Å². The van der Waals surface area contributed by atoms with Crippen LogP contribution in [-0.4, -0.2) is 30.8 Å². The zero-order valence-corrected chi connectivity index (χ0v) is 11.2. The van der Waals surface area contributed by atoms with Crippen molar-refractivity contribution in [2.24, 2.45) is 5.41 Å². The van der Waals surface area contributed by atoms with Crippen LogP contribution in [0.1, 0.15) is 41.0 Å². The first-order valence-electron chi connectivity index (χ1n) is 5.78. The van der Waals surface area contributed by atoms with Crippen molar-refractivity contribution in [2.75, 3.05) is 7.11 Å². The van der Waals surface area contributed by atoms with Crippen molar-refractivity contribution < 1.29 is 9.53 Å². The Balaban J connectivity index is 2.43. The Bertz CT molecular complexity index is 269. The second-order valence-corrected chi connectivity index (χ2v) is 6.18. The van der Waals surface area contributed by atoms with Gasteiger partial charge in [-0.1, -0.05) is 13.8 Å². The maximum atomic E-state index is 11.7. The van der Waals surface area contributed by atoms with Crippen molar-refractivity contribution >= 4 is 6.03 Å². The minimum atomic E-state index is -0.196. The van der Waals surface area contributed by atoms with Gasteiger partial charge in [-0.15, -0.1) is 0 Å². The van der Waals surface area contributed by atoms with Crippen LogP contribution in [0.15, 0.2) is 0 Å². The predicted octanol–water partition coefficient (Wildman–Crippen LogP) is 1.90. The van der Waals surface area contributed by atoms with Gasteiger partial charge in [-0.2, -0.15) is 0 Å². The number of rotatable bonds is 2. The van der Waals surface area contributed by atoms with Gasteiger partial charge in [-0.25, -0.2) is 4.79 Å². The zero-order valence-electron chi connectivity index (χ0n) is 11.2. The summed E-state index contributed by atoms with van der Waals surface area (Å²) in [4.78, 5) is 11.7. The normalized spacial score (nSPS) is 28.1. The molecular weight excluding hydrogens is 204 g/mol. The van der Waals surface area contributed by atoms with Crippen molar-refractivity contribution in [3.8, 4) is 0 Å². The number of hydrogen-bond donors (Lipinski definition) is 2. The van der Waals surface area contributed by atoms with Crippen LogP contribution in [0.2, 0.25) is 0 Å². The first-order valence-corrected chi connectivity index (χ1v) is 5.78. The fraction of sp³-hybridized carbons (Fsp3) is 0.917. The molecule has 2 unspecified atom stereocenters. The molecule has 4 nitrogen and oxygen atoms in total. The Morgan fingerprint density at radius 3 is 2.31 bits per heavy atom. The van der Waals surface area contributed by atoms with Crippen LogP contribution in [-0.2, 0) is 4.74 Å². The van der Waals surface area contributed by atoms with E-state index in [0.717, 1.165) is 6.42 Å². The molecule has 16 heavy (non-hydrogen) atoms. The summed E-state index contributed by atoms with van der Waals surface area (Å²) in [6.45, 7) is 10.1. The largest absolute Gasteiger partial charge is 0.381 e. The Labute approximate surface area is 98.1 Å². The van der Waals surface area contributed by atoms with E-state index in [0.29, 0.717) is 0 Å². The number of amides is 2. The number of carbonyl (C=O) groups is 1. The van der Waals surface area contributed by atoms with Gasteiger partial charge < -0.3 is 15.4 Å². The van der Waals surface area contributed by atoms with Crippen molar-refractivity contribution in [2.45, 2.75) is 58.7 Å². The molecule has 0 heterocycles. The highest BCUT2D eigenvalue weighted by Crippen LogP contribution is 2.42. The summed E-state index contributed by atoms with van der Waals surface area (Å²) >= 11 is 0. The lowest BCUT2D eigenvalue weighted by Crippen LogP contribution is -2.64. The van der Waals surface area contributed by atoms with Gasteiger partial charge in [0, 0.05) is 24.1 Å². The van der Waals surface area contributed by atoms with Crippen LogP contribution < -0.4 is 10.6 Å². The third kappa shape index (κ3) is 2.88. The van der Waals surface area contributed by atoms with Crippen LogP contribution >= 0.6 is 0 Å². The monoisotopic (exact) mass is 228 g/mol. The van der Waals surface area contributed by atoms with Crippen LogP contribution in [0, 0.1) is 5.41 Å². The van der Waals surface area contributed by atoms with Gasteiger partial charge in [0.05, 0.1) is 6.10 Å². The van der Waals surface area contributed by atoms with Gasteiger partial charge in [0.1, 0.15) is 0 Å². The molecule has 0 aromatic rings. The molecule has 4 heteroatoms. The number of urea groups is 1. The average molecular weight is 228 g/mol. The maximum Gasteiger partial charge on any atom is 0.315 e. The summed E-state index contributed by atoms with van der Waals surface area (Å²) in [5.74, 6) is 0. The van der Waals surface area contributed by atoms with Gasteiger partial charge >= 0.3 is 6.03 Å². The lowest BCUT2D eigenvalue weighted by molar-refractivity contribution is -0.0936. The van der Waals surface area contributed by atoms with E-state index in [1.165, 1.54) is 0 Å². The second kappa shape index (κ2) is 4.24. The minimum Gasteiger partial charge on any atom is -0.381 e.